The Bertz CT molecular complexity index is 545. The van der Waals surface area contributed by atoms with E-state index < -0.39 is 0 Å². The molecule has 20 heavy (non-hydrogen) atoms. The normalized spacial score (nSPS) is 22.7. The van der Waals surface area contributed by atoms with Gasteiger partial charge in [0, 0.05) is 4.90 Å². The third-order valence-electron chi connectivity index (χ3n) is 4.60. The summed E-state index contributed by atoms with van der Waals surface area (Å²) >= 11 is 4.34. The van der Waals surface area contributed by atoms with E-state index in [0.29, 0.717) is 0 Å². The van der Waals surface area contributed by atoms with Crippen LogP contribution in [0, 0.1) is 5.92 Å². The molecule has 0 N–H and O–H groups in total. The number of thiol groups is 1. The zero-order valence-electron chi connectivity index (χ0n) is 12.0. The maximum atomic E-state index is 4.34. The lowest BCUT2D eigenvalue weighted by atomic mass is 9.79. The topological polar surface area (TPSA) is 0 Å². The molecule has 2 aromatic carbocycles. The molecule has 0 radical (unpaired) electrons. The molecule has 104 valence electrons. The van der Waals surface area contributed by atoms with Crippen molar-refractivity contribution in [3.63, 3.8) is 0 Å². The van der Waals surface area contributed by atoms with Gasteiger partial charge in [0.15, 0.2) is 0 Å². The van der Waals surface area contributed by atoms with E-state index in [1.54, 1.807) is 0 Å². The van der Waals surface area contributed by atoms with Crippen molar-refractivity contribution in [2.24, 2.45) is 5.92 Å². The highest BCUT2D eigenvalue weighted by Crippen LogP contribution is 2.36. The van der Waals surface area contributed by atoms with Crippen LogP contribution in [-0.2, 0) is 0 Å². The lowest BCUT2D eigenvalue weighted by molar-refractivity contribution is 0.348. The van der Waals surface area contributed by atoms with Crippen LogP contribution in [0.3, 0.4) is 0 Å². The van der Waals surface area contributed by atoms with Crippen molar-refractivity contribution in [3.8, 4) is 11.1 Å². The number of hydrogen-bond acceptors (Lipinski definition) is 1. The SMILES string of the molecule is CC1CCC(c2ccc(-c3ccc(S)cc3)cc2)CC1. The van der Waals surface area contributed by atoms with Crippen molar-refractivity contribution in [2.45, 2.75) is 43.4 Å². The molecule has 1 saturated carbocycles. The second-order valence-electron chi connectivity index (χ2n) is 6.13. The van der Waals surface area contributed by atoms with E-state index in [-0.39, 0.29) is 0 Å². The van der Waals surface area contributed by atoms with E-state index in [2.05, 4.69) is 68.1 Å². The standard InChI is InChI=1S/C19H22S/c1-14-2-4-15(5-3-14)16-6-8-17(9-7-16)18-10-12-19(20)13-11-18/h6-15,20H,2-5H2,1H3. The van der Waals surface area contributed by atoms with E-state index in [1.165, 1.54) is 42.4 Å². The van der Waals surface area contributed by atoms with Crippen molar-refractivity contribution < 1.29 is 0 Å². The Morgan fingerprint density at radius 3 is 1.80 bits per heavy atom. The molecular weight excluding hydrogens is 260 g/mol. The van der Waals surface area contributed by atoms with Gasteiger partial charge < -0.3 is 0 Å². The predicted octanol–water partition coefficient (Wildman–Crippen LogP) is 5.94. The fourth-order valence-electron chi connectivity index (χ4n) is 3.20. The minimum absolute atomic E-state index is 0.778. The van der Waals surface area contributed by atoms with Crippen LogP contribution in [0.1, 0.15) is 44.1 Å². The summed E-state index contributed by atoms with van der Waals surface area (Å²) in [6, 6.07) is 17.6. The summed E-state index contributed by atoms with van der Waals surface area (Å²) < 4.78 is 0. The van der Waals surface area contributed by atoms with Crippen LogP contribution in [0.5, 0.6) is 0 Å². The van der Waals surface area contributed by atoms with E-state index in [0.717, 1.165) is 16.7 Å². The quantitative estimate of drug-likeness (QED) is 0.648. The van der Waals surface area contributed by atoms with Gasteiger partial charge in [-0.15, -0.1) is 12.6 Å². The van der Waals surface area contributed by atoms with Gasteiger partial charge in [-0.05, 0) is 53.5 Å². The monoisotopic (exact) mass is 282 g/mol. The van der Waals surface area contributed by atoms with Gasteiger partial charge in [0.25, 0.3) is 0 Å². The maximum absolute atomic E-state index is 4.34. The molecule has 1 aliphatic rings. The summed E-state index contributed by atoms with van der Waals surface area (Å²) in [5.74, 6) is 1.70. The molecule has 0 bridgehead atoms. The summed E-state index contributed by atoms with van der Waals surface area (Å²) in [4.78, 5) is 1.02. The molecule has 0 aromatic heterocycles. The maximum Gasteiger partial charge on any atom is 0.00404 e. The Morgan fingerprint density at radius 1 is 0.750 bits per heavy atom. The summed E-state index contributed by atoms with van der Waals surface area (Å²) in [6.07, 6.45) is 5.48. The van der Waals surface area contributed by atoms with Crippen LogP contribution in [0.25, 0.3) is 11.1 Å². The summed E-state index contributed by atoms with van der Waals surface area (Å²) in [7, 11) is 0. The second kappa shape index (κ2) is 6.05. The Morgan fingerprint density at radius 2 is 1.25 bits per heavy atom. The highest BCUT2D eigenvalue weighted by molar-refractivity contribution is 7.80. The first-order valence-corrected chi connectivity index (χ1v) is 8.06. The molecule has 1 aliphatic carbocycles. The lowest BCUT2D eigenvalue weighted by Gasteiger charge is -2.26. The van der Waals surface area contributed by atoms with E-state index in [4.69, 9.17) is 0 Å². The first-order valence-electron chi connectivity index (χ1n) is 7.62. The van der Waals surface area contributed by atoms with Gasteiger partial charge in [0.2, 0.25) is 0 Å². The average molecular weight is 282 g/mol. The van der Waals surface area contributed by atoms with Crippen LogP contribution >= 0.6 is 12.6 Å². The third kappa shape index (κ3) is 3.09. The van der Waals surface area contributed by atoms with Crippen molar-refractivity contribution in [1.29, 1.82) is 0 Å². The number of rotatable bonds is 2. The molecular formula is C19H22S. The third-order valence-corrected chi connectivity index (χ3v) is 4.90. The van der Waals surface area contributed by atoms with Gasteiger partial charge in [-0.1, -0.05) is 56.2 Å². The molecule has 1 fully saturated rings. The molecule has 3 rings (SSSR count). The van der Waals surface area contributed by atoms with Gasteiger partial charge in [-0.3, -0.25) is 0 Å². The van der Waals surface area contributed by atoms with E-state index in [9.17, 15) is 0 Å². The highest BCUT2D eigenvalue weighted by Gasteiger charge is 2.19. The van der Waals surface area contributed by atoms with Crippen LogP contribution in [0.2, 0.25) is 0 Å². The Kier molecular flexibility index (Phi) is 4.16. The molecule has 0 saturated heterocycles. The van der Waals surface area contributed by atoms with E-state index in [1.807, 2.05) is 0 Å². The van der Waals surface area contributed by atoms with Crippen LogP contribution in [-0.4, -0.2) is 0 Å². The minimum Gasteiger partial charge on any atom is -0.143 e. The van der Waals surface area contributed by atoms with Crippen molar-refractivity contribution in [3.05, 3.63) is 54.1 Å². The first kappa shape index (κ1) is 13.8. The zero-order chi connectivity index (χ0) is 13.9. The second-order valence-corrected chi connectivity index (χ2v) is 6.64. The van der Waals surface area contributed by atoms with Crippen molar-refractivity contribution in [2.75, 3.05) is 0 Å². The molecule has 0 amide bonds. The van der Waals surface area contributed by atoms with E-state index >= 15 is 0 Å². The smallest absolute Gasteiger partial charge is 0.00404 e. The average Bonchev–Trinajstić information content (AvgIpc) is 2.49. The Balaban J connectivity index is 1.76. The minimum atomic E-state index is 0.778. The Labute approximate surface area is 127 Å². The molecule has 0 aliphatic heterocycles. The lowest BCUT2D eigenvalue weighted by Crippen LogP contribution is -2.10. The van der Waals surface area contributed by atoms with Gasteiger partial charge in [-0.25, -0.2) is 0 Å². The molecule has 2 aromatic rings. The van der Waals surface area contributed by atoms with Crippen molar-refractivity contribution >= 4 is 12.6 Å². The fraction of sp³-hybridized carbons (Fsp3) is 0.368. The molecule has 0 heterocycles. The molecule has 0 atom stereocenters. The van der Waals surface area contributed by atoms with Crippen LogP contribution in [0.4, 0.5) is 0 Å². The van der Waals surface area contributed by atoms with Gasteiger partial charge >= 0.3 is 0 Å². The number of benzene rings is 2. The fourth-order valence-corrected chi connectivity index (χ4v) is 3.34. The number of hydrogen-bond donors (Lipinski definition) is 1. The molecule has 0 nitrogen and oxygen atoms in total. The van der Waals surface area contributed by atoms with Crippen molar-refractivity contribution in [1.82, 2.24) is 0 Å². The van der Waals surface area contributed by atoms with Crippen LogP contribution in [0.15, 0.2) is 53.4 Å². The van der Waals surface area contributed by atoms with Crippen LogP contribution < -0.4 is 0 Å². The van der Waals surface area contributed by atoms with Gasteiger partial charge in [0.05, 0.1) is 0 Å². The summed E-state index contributed by atoms with van der Waals surface area (Å²) in [5.41, 5.74) is 4.09. The van der Waals surface area contributed by atoms with Gasteiger partial charge in [-0.2, -0.15) is 0 Å². The predicted molar refractivity (Wildman–Crippen MR) is 89.5 cm³/mol. The summed E-state index contributed by atoms with van der Waals surface area (Å²) in [6.45, 7) is 2.38. The summed E-state index contributed by atoms with van der Waals surface area (Å²) in [5, 5.41) is 0. The van der Waals surface area contributed by atoms with Gasteiger partial charge in [0.1, 0.15) is 0 Å². The molecule has 0 unspecified atom stereocenters. The highest BCUT2D eigenvalue weighted by atomic mass is 32.1. The zero-order valence-corrected chi connectivity index (χ0v) is 12.9. The Hall–Kier alpha value is -1.21. The largest absolute Gasteiger partial charge is 0.143 e. The molecule has 0 spiro atoms. The molecule has 1 heteroatoms. The first-order chi connectivity index (χ1) is 9.72.